The first-order valence-electron chi connectivity index (χ1n) is 6.94. The topological polar surface area (TPSA) is 68.8 Å². The molecular weight excluding hydrogens is 284 g/mol. The van der Waals surface area contributed by atoms with Crippen molar-refractivity contribution >= 4 is 18.3 Å². The second-order valence-electron chi connectivity index (χ2n) is 4.64. The molecule has 7 heteroatoms. The number of hydrogen-bond acceptors (Lipinski definition) is 5. The molecule has 0 aromatic rings. The third-order valence-corrected chi connectivity index (χ3v) is 3.01. The summed E-state index contributed by atoms with van der Waals surface area (Å²) in [6.07, 6.45) is 1.84. The van der Waals surface area contributed by atoms with Gasteiger partial charge in [-0.2, -0.15) is 0 Å². The lowest BCUT2D eigenvalue weighted by Crippen LogP contribution is -2.39. The Labute approximate surface area is 127 Å². The standard InChI is InChI=1S/C13H26N2O4.ClH/c1-11(19-10-12-4-3-8-18-12)13(16)15-6-5-14-7-9-17-2;/h11-12,14H,3-10H2,1-2H3,(H,15,16);1H. The first-order valence-corrected chi connectivity index (χ1v) is 6.94. The van der Waals surface area contributed by atoms with Gasteiger partial charge >= 0.3 is 0 Å². The molecule has 0 aromatic heterocycles. The van der Waals surface area contributed by atoms with Gasteiger partial charge in [0.2, 0.25) is 5.91 Å². The normalized spacial score (nSPS) is 19.4. The van der Waals surface area contributed by atoms with Crippen LogP contribution in [0.15, 0.2) is 0 Å². The van der Waals surface area contributed by atoms with Crippen molar-refractivity contribution in [2.24, 2.45) is 0 Å². The summed E-state index contributed by atoms with van der Waals surface area (Å²) in [5.41, 5.74) is 0. The van der Waals surface area contributed by atoms with Crippen LogP contribution in [0, 0.1) is 0 Å². The molecule has 0 radical (unpaired) electrons. The zero-order valence-electron chi connectivity index (χ0n) is 12.4. The quantitative estimate of drug-likeness (QED) is 0.570. The molecule has 0 saturated carbocycles. The molecule has 0 spiro atoms. The molecule has 2 unspecified atom stereocenters. The molecule has 0 aliphatic carbocycles. The number of nitrogens with one attached hydrogen (secondary N) is 2. The maximum atomic E-state index is 11.7. The number of halogens is 1. The fourth-order valence-corrected chi connectivity index (χ4v) is 1.82. The van der Waals surface area contributed by atoms with Gasteiger partial charge in [-0.05, 0) is 19.8 Å². The maximum absolute atomic E-state index is 11.7. The van der Waals surface area contributed by atoms with Gasteiger partial charge in [-0.15, -0.1) is 12.4 Å². The fourth-order valence-electron chi connectivity index (χ4n) is 1.82. The highest BCUT2D eigenvalue weighted by molar-refractivity contribution is 5.85. The number of amides is 1. The zero-order chi connectivity index (χ0) is 13.9. The van der Waals surface area contributed by atoms with Gasteiger partial charge in [-0.1, -0.05) is 0 Å². The summed E-state index contributed by atoms with van der Waals surface area (Å²) in [4.78, 5) is 11.7. The van der Waals surface area contributed by atoms with E-state index in [0.29, 0.717) is 19.8 Å². The predicted octanol–water partition coefficient (Wildman–Crippen LogP) is 0.345. The van der Waals surface area contributed by atoms with Crippen LogP contribution in [-0.2, 0) is 19.0 Å². The Bertz CT molecular complexity index is 251. The van der Waals surface area contributed by atoms with Crippen molar-refractivity contribution in [1.29, 1.82) is 0 Å². The lowest BCUT2D eigenvalue weighted by Gasteiger charge is -2.16. The average Bonchev–Trinajstić information content (AvgIpc) is 2.93. The van der Waals surface area contributed by atoms with Gasteiger partial charge in [0.15, 0.2) is 0 Å². The maximum Gasteiger partial charge on any atom is 0.248 e. The van der Waals surface area contributed by atoms with Gasteiger partial charge in [0.05, 0.1) is 19.3 Å². The molecule has 1 aliphatic heterocycles. The molecule has 1 saturated heterocycles. The van der Waals surface area contributed by atoms with Gasteiger partial charge in [0.25, 0.3) is 0 Å². The smallest absolute Gasteiger partial charge is 0.248 e. The van der Waals surface area contributed by atoms with E-state index in [1.165, 1.54) is 0 Å². The average molecular weight is 311 g/mol. The van der Waals surface area contributed by atoms with E-state index in [1.54, 1.807) is 14.0 Å². The Morgan fingerprint density at radius 1 is 1.40 bits per heavy atom. The summed E-state index contributed by atoms with van der Waals surface area (Å²) >= 11 is 0. The molecule has 1 aliphatic rings. The number of hydrogen-bond donors (Lipinski definition) is 2. The summed E-state index contributed by atoms with van der Waals surface area (Å²) in [6.45, 7) is 5.86. The minimum absolute atomic E-state index is 0. The molecule has 1 rings (SSSR count). The summed E-state index contributed by atoms with van der Waals surface area (Å²) in [7, 11) is 1.66. The second kappa shape index (κ2) is 12.3. The molecule has 6 nitrogen and oxygen atoms in total. The largest absolute Gasteiger partial charge is 0.383 e. The molecule has 1 fully saturated rings. The van der Waals surface area contributed by atoms with Gasteiger partial charge in [-0.25, -0.2) is 0 Å². The van der Waals surface area contributed by atoms with E-state index in [0.717, 1.165) is 32.5 Å². The molecule has 1 amide bonds. The minimum Gasteiger partial charge on any atom is -0.383 e. The van der Waals surface area contributed by atoms with Crippen LogP contribution >= 0.6 is 12.4 Å². The number of rotatable bonds is 10. The van der Waals surface area contributed by atoms with E-state index in [-0.39, 0.29) is 24.4 Å². The van der Waals surface area contributed by atoms with Crippen LogP contribution in [-0.4, -0.2) is 64.7 Å². The lowest BCUT2D eigenvalue weighted by atomic mass is 10.2. The van der Waals surface area contributed by atoms with Crippen molar-refractivity contribution in [2.45, 2.75) is 32.0 Å². The van der Waals surface area contributed by atoms with Crippen molar-refractivity contribution in [1.82, 2.24) is 10.6 Å². The first-order chi connectivity index (χ1) is 9.24. The van der Waals surface area contributed by atoms with Crippen LogP contribution in [0.3, 0.4) is 0 Å². The van der Waals surface area contributed by atoms with E-state index in [9.17, 15) is 4.79 Å². The van der Waals surface area contributed by atoms with Gasteiger partial charge in [0, 0.05) is 33.4 Å². The third-order valence-electron chi connectivity index (χ3n) is 3.01. The molecule has 2 N–H and O–H groups in total. The zero-order valence-corrected chi connectivity index (χ0v) is 13.2. The Kier molecular flexibility index (Phi) is 12.1. The van der Waals surface area contributed by atoms with Crippen molar-refractivity contribution in [3.05, 3.63) is 0 Å². The Balaban J connectivity index is 0.00000361. The van der Waals surface area contributed by atoms with Crippen molar-refractivity contribution in [2.75, 3.05) is 46.6 Å². The van der Waals surface area contributed by atoms with Gasteiger partial charge in [-0.3, -0.25) is 4.79 Å². The molecule has 20 heavy (non-hydrogen) atoms. The van der Waals surface area contributed by atoms with Crippen LogP contribution in [0.25, 0.3) is 0 Å². The number of ether oxygens (including phenoxy) is 3. The molecule has 2 atom stereocenters. The van der Waals surface area contributed by atoms with E-state index >= 15 is 0 Å². The molecular formula is C13H27ClN2O4. The van der Waals surface area contributed by atoms with Gasteiger partial charge in [0.1, 0.15) is 6.10 Å². The van der Waals surface area contributed by atoms with Crippen LogP contribution in [0.5, 0.6) is 0 Å². The van der Waals surface area contributed by atoms with Crippen LogP contribution in [0.2, 0.25) is 0 Å². The lowest BCUT2D eigenvalue weighted by molar-refractivity contribution is -0.133. The molecule has 0 aromatic carbocycles. The Morgan fingerprint density at radius 3 is 2.85 bits per heavy atom. The fraction of sp³-hybridized carbons (Fsp3) is 0.923. The van der Waals surface area contributed by atoms with Crippen LogP contribution < -0.4 is 10.6 Å². The molecule has 1 heterocycles. The SMILES string of the molecule is COCCNCCNC(=O)C(C)OCC1CCCO1.Cl. The van der Waals surface area contributed by atoms with E-state index in [2.05, 4.69) is 10.6 Å². The van der Waals surface area contributed by atoms with Gasteiger partial charge < -0.3 is 24.8 Å². The number of carbonyl (C=O) groups excluding carboxylic acids is 1. The highest BCUT2D eigenvalue weighted by atomic mass is 35.5. The summed E-state index contributed by atoms with van der Waals surface area (Å²) in [5, 5.41) is 5.98. The number of methoxy groups -OCH3 is 1. The monoisotopic (exact) mass is 310 g/mol. The van der Waals surface area contributed by atoms with Crippen LogP contribution in [0.1, 0.15) is 19.8 Å². The number of carbonyl (C=O) groups is 1. The summed E-state index contributed by atoms with van der Waals surface area (Å²) in [5.74, 6) is -0.0773. The van der Waals surface area contributed by atoms with E-state index < -0.39 is 6.10 Å². The highest BCUT2D eigenvalue weighted by Gasteiger charge is 2.19. The minimum atomic E-state index is -0.428. The molecule has 120 valence electrons. The Morgan fingerprint density at radius 2 is 2.20 bits per heavy atom. The van der Waals surface area contributed by atoms with Crippen molar-refractivity contribution in [3.63, 3.8) is 0 Å². The molecule has 0 bridgehead atoms. The third kappa shape index (κ3) is 8.71. The summed E-state index contributed by atoms with van der Waals surface area (Å²) < 4.78 is 15.9. The second-order valence-corrected chi connectivity index (χ2v) is 4.64. The predicted molar refractivity (Wildman–Crippen MR) is 79.4 cm³/mol. The van der Waals surface area contributed by atoms with E-state index in [4.69, 9.17) is 14.2 Å². The first kappa shape index (κ1) is 19.6. The van der Waals surface area contributed by atoms with Crippen molar-refractivity contribution < 1.29 is 19.0 Å². The van der Waals surface area contributed by atoms with Crippen molar-refractivity contribution in [3.8, 4) is 0 Å². The van der Waals surface area contributed by atoms with Crippen LogP contribution in [0.4, 0.5) is 0 Å². The van der Waals surface area contributed by atoms with E-state index in [1.807, 2.05) is 0 Å². The summed E-state index contributed by atoms with van der Waals surface area (Å²) in [6, 6.07) is 0. The highest BCUT2D eigenvalue weighted by Crippen LogP contribution is 2.12. The Hall–Kier alpha value is -0.400.